The molecule has 2 heterocycles. The molecule has 2 atom stereocenters. The molecule has 1 saturated heterocycles. The number of hydrogen-bond acceptors (Lipinski definition) is 5. The van der Waals surface area contributed by atoms with Crippen LogP contribution in [0.1, 0.15) is 17.4 Å². The minimum atomic E-state index is -0.737. The molecule has 0 spiro atoms. The molecule has 112 valence electrons. The van der Waals surface area contributed by atoms with Crippen LogP contribution < -0.4 is 5.73 Å². The second kappa shape index (κ2) is 5.81. The number of hydrogen-bond donors (Lipinski definition) is 1. The first-order valence-corrected chi connectivity index (χ1v) is 6.98. The lowest BCUT2D eigenvalue weighted by Crippen LogP contribution is -2.45. The number of aromatic nitrogens is 2. The van der Waals surface area contributed by atoms with Crippen LogP contribution >= 0.6 is 11.6 Å². The predicted molar refractivity (Wildman–Crippen MR) is 77.0 cm³/mol. The van der Waals surface area contributed by atoms with E-state index in [4.69, 9.17) is 22.1 Å². The van der Waals surface area contributed by atoms with E-state index in [1.807, 2.05) is 25.9 Å². The van der Waals surface area contributed by atoms with Gasteiger partial charge in [0, 0.05) is 12.6 Å². The monoisotopic (exact) mass is 300 g/mol. The van der Waals surface area contributed by atoms with Crippen molar-refractivity contribution in [1.29, 1.82) is 0 Å². The molecule has 0 amide bonds. The zero-order valence-electron chi connectivity index (χ0n) is 12.1. The molecule has 2 N–H and O–H groups in total. The van der Waals surface area contributed by atoms with Gasteiger partial charge in [-0.05, 0) is 21.0 Å². The molecule has 0 aliphatic carbocycles. The van der Waals surface area contributed by atoms with E-state index in [2.05, 4.69) is 5.10 Å². The Hall–Kier alpha value is -0.950. The maximum Gasteiger partial charge on any atom is 0.192 e. The number of carbonyl (C=O) groups is 1. The van der Waals surface area contributed by atoms with Gasteiger partial charge < -0.3 is 15.4 Å². The second-order valence-corrected chi connectivity index (χ2v) is 6.14. The minimum Gasteiger partial charge on any atom is -0.379 e. The summed E-state index contributed by atoms with van der Waals surface area (Å²) in [6.45, 7) is 3.92. The van der Waals surface area contributed by atoms with Gasteiger partial charge in [-0.25, -0.2) is 0 Å². The van der Waals surface area contributed by atoms with E-state index in [0.29, 0.717) is 30.5 Å². The van der Waals surface area contributed by atoms with Crippen molar-refractivity contribution in [2.45, 2.75) is 19.5 Å². The van der Waals surface area contributed by atoms with Gasteiger partial charge in [-0.3, -0.25) is 9.48 Å². The molecule has 1 aliphatic heterocycles. The van der Waals surface area contributed by atoms with Crippen LogP contribution in [-0.2, 0) is 11.3 Å². The van der Waals surface area contributed by atoms with Crippen LogP contribution in [0.4, 0.5) is 0 Å². The molecule has 0 saturated carbocycles. The molecule has 6 nitrogen and oxygen atoms in total. The lowest BCUT2D eigenvalue weighted by molar-refractivity contribution is 0.0755. The number of nitrogens with two attached hydrogens (primary N) is 1. The summed E-state index contributed by atoms with van der Waals surface area (Å²) in [5.74, 6) is -0.0937. The summed E-state index contributed by atoms with van der Waals surface area (Å²) in [5.41, 5.74) is 5.71. The second-order valence-electron chi connectivity index (χ2n) is 5.74. The zero-order valence-corrected chi connectivity index (χ0v) is 12.9. The Labute approximate surface area is 123 Å². The van der Waals surface area contributed by atoms with E-state index >= 15 is 0 Å². The lowest BCUT2D eigenvalue weighted by Gasteiger charge is -2.25. The van der Waals surface area contributed by atoms with Crippen LogP contribution in [0.15, 0.2) is 6.20 Å². The first-order chi connectivity index (χ1) is 9.36. The largest absolute Gasteiger partial charge is 0.379 e. The molecule has 2 rings (SSSR count). The molecular formula is C13H21ClN4O2. The summed E-state index contributed by atoms with van der Waals surface area (Å²) in [7, 11) is 3.93. The average Bonchev–Trinajstić information content (AvgIpc) is 2.91. The first kappa shape index (κ1) is 15.4. The van der Waals surface area contributed by atoms with Gasteiger partial charge in [-0.1, -0.05) is 11.6 Å². The summed E-state index contributed by atoms with van der Waals surface area (Å²) in [6, 6.07) is -0.316. The fourth-order valence-electron chi connectivity index (χ4n) is 2.25. The molecule has 2 unspecified atom stereocenters. The van der Waals surface area contributed by atoms with Crippen LogP contribution in [0.25, 0.3) is 0 Å². The number of rotatable bonds is 5. The summed E-state index contributed by atoms with van der Waals surface area (Å²) >= 11 is 6.14. The van der Waals surface area contributed by atoms with E-state index in [-0.39, 0.29) is 11.8 Å². The standard InChI is InChI=1S/C13H21ClN4O2/c1-13(8-20-7-10(13)15)12(19)11-9(14)6-16-18(11)5-4-17(2)3/h6,10H,4-5,7-8,15H2,1-3H3. The van der Waals surface area contributed by atoms with Crippen LogP contribution in [0.3, 0.4) is 0 Å². The third-order valence-corrected chi connectivity index (χ3v) is 4.08. The van der Waals surface area contributed by atoms with Crippen molar-refractivity contribution in [3.63, 3.8) is 0 Å². The average molecular weight is 301 g/mol. The fourth-order valence-corrected chi connectivity index (χ4v) is 2.47. The Kier molecular flexibility index (Phi) is 4.49. The number of likely N-dealkylation sites (N-methyl/N-ethyl adjacent to an activating group) is 1. The van der Waals surface area contributed by atoms with Crippen molar-refractivity contribution in [1.82, 2.24) is 14.7 Å². The maximum absolute atomic E-state index is 12.8. The number of nitrogens with zero attached hydrogens (tertiary/aromatic N) is 3. The highest BCUT2D eigenvalue weighted by atomic mass is 35.5. The van der Waals surface area contributed by atoms with Gasteiger partial charge in [0.1, 0.15) is 5.69 Å². The van der Waals surface area contributed by atoms with Gasteiger partial charge in [-0.2, -0.15) is 5.10 Å². The quantitative estimate of drug-likeness (QED) is 0.808. The topological polar surface area (TPSA) is 73.4 Å². The van der Waals surface area contributed by atoms with Gasteiger partial charge in [0.15, 0.2) is 5.78 Å². The smallest absolute Gasteiger partial charge is 0.192 e. The molecule has 1 aromatic rings. The molecule has 0 radical (unpaired) electrons. The van der Waals surface area contributed by atoms with Crippen LogP contribution in [-0.4, -0.2) is 60.4 Å². The van der Waals surface area contributed by atoms with E-state index in [9.17, 15) is 4.79 Å². The Balaban J connectivity index is 2.27. The third-order valence-electron chi connectivity index (χ3n) is 3.81. The number of Topliss-reactive ketones (excluding diaryl/α,β-unsaturated/α-hetero) is 1. The van der Waals surface area contributed by atoms with Gasteiger partial charge in [0.2, 0.25) is 0 Å². The SMILES string of the molecule is CN(C)CCn1ncc(Cl)c1C(=O)C1(C)COCC1N. The molecule has 1 aliphatic rings. The van der Waals surface area contributed by atoms with Crippen molar-refractivity contribution < 1.29 is 9.53 Å². The van der Waals surface area contributed by atoms with Crippen molar-refractivity contribution >= 4 is 17.4 Å². The molecule has 1 aromatic heterocycles. The fraction of sp³-hybridized carbons (Fsp3) is 0.692. The number of halogens is 1. The number of ether oxygens (including phenoxy) is 1. The van der Waals surface area contributed by atoms with Gasteiger partial charge in [-0.15, -0.1) is 0 Å². The molecule has 1 fully saturated rings. The van der Waals surface area contributed by atoms with E-state index in [1.54, 1.807) is 4.68 Å². The number of ketones is 1. The summed E-state index contributed by atoms with van der Waals surface area (Å²) in [4.78, 5) is 14.8. The maximum atomic E-state index is 12.8. The Morgan fingerprint density at radius 3 is 2.95 bits per heavy atom. The Morgan fingerprint density at radius 1 is 1.70 bits per heavy atom. The third kappa shape index (κ3) is 2.74. The van der Waals surface area contributed by atoms with E-state index in [0.717, 1.165) is 6.54 Å². The molecule has 7 heteroatoms. The van der Waals surface area contributed by atoms with Crippen LogP contribution in [0.5, 0.6) is 0 Å². The highest BCUT2D eigenvalue weighted by Gasteiger charge is 2.46. The lowest BCUT2D eigenvalue weighted by atomic mass is 9.80. The van der Waals surface area contributed by atoms with E-state index in [1.165, 1.54) is 6.20 Å². The zero-order chi connectivity index (χ0) is 14.9. The van der Waals surface area contributed by atoms with Crippen LogP contribution in [0.2, 0.25) is 5.02 Å². The summed E-state index contributed by atoms with van der Waals surface area (Å²) in [5, 5.41) is 4.56. The normalized spacial score (nSPS) is 26.4. The predicted octanol–water partition coefficient (Wildman–Crippen LogP) is 0.645. The summed E-state index contributed by atoms with van der Waals surface area (Å²) in [6.07, 6.45) is 1.51. The molecule has 0 bridgehead atoms. The van der Waals surface area contributed by atoms with Gasteiger partial charge in [0.25, 0.3) is 0 Å². The van der Waals surface area contributed by atoms with Gasteiger partial charge in [0.05, 0.1) is 36.4 Å². The Bertz CT molecular complexity index is 503. The van der Waals surface area contributed by atoms with Gasteiger partial charge >= 0.3 is 0 Å². The number of carbonyl (C=O) groups excluding carboxylic acids is 1. The molecule has 20 heavy (non-hydrogen) atoms. The highest BCUT2D eigenvalue weighted by molar-refractivity contribution is 6.33. The van der Waals surface area contributed by atoms with Crippen LogP contribution in [0, 0.1) is 5.41 Å². The highest BCUT2D eigenvalue weighted by Crippen LogP contribution is 2.33. The van der Waals surface area contributed by atoms with Crippen molar-refractivity contribution in [2.75, 3.05) is 33.9 Å². The molecular weight excluding hydrogens is 280 g/mol. The minimum absolute atomic E-state index is 0.0937. The van der Waals surface area contributed by atoms with E-state index < -0.39 is 5.41 Å². The van der Waals surface area contributed by atoms with Crippen molar-refractivity contribution in [3.05, 3.63) is 16.9 Å². The van der Waals surface area contributed by atoms with Crippen molar-refractivity contribution in [2.24, 2.45) is 11.1 Å². The molecule has 0 aromatic carbocycles. The Morgan fingerprint density at radius 2 is 2.40 bits per heavy atom. The summed E-state index contributed by atoms with van der Waals surface area (Å²) < 4.78 is 7.00. The van der Waals surface area contributed by atoms with Crippen molar-refractivity contribution in [3.8, 4) is 0 Å². The first-order valence-electron chi connectivity index (χ1n) is 6.60.